The van der Waals surface area contributed by atoms with Gasteiger partial charge in [-0.25, -0.2) is 0 Å². The molecule has 0 spiro atoms. The Morgan fingerprint density at radius 2 is 1.95 bits per heavy atom. The van der Waals surface area contributed by atoms with E-state index < -0.39 is 0 Å². The maximum atomic E-state index is 12.1. The summed E-state index contributed by atoms with van der Waals surface area (Å²) in [5.41, 5.74) is 6.56. The van der Waals surface area contributed by atoms with Gasteiger partial charge in [-0.05, 0) is 42.6 Å². The Hall–Kier alpha value is -1.87. The average molecular weight is 270 g/mol. The van der Waals surface area contributed by atoms with Crippen LogP contribution in [-0.4, -0.2) is 18.5 Å². The standard InChI is InChI=1S/C17H22N2O/c1-13(6-5-11-18)19-17(20)12-15-9-4-8-14-7-2-3-10-16(14)15/h2-4,7-10,13H,5-6,11-12,18H2,1H3,(H,19,20). The van der Waals surface area contributed by atoms with Crippen LogP contribution in [0.3, 0.4) is 0 Å². The third-order valence-corrected chi connectivity index (χ3v) is 3.48. The minimum atomic E-state index is 0.0749. The molecule has 2 rings (SSSR count). The zero-order valence-corrected chi connectivity index (χ0v) is 11.9. The highest BCUT2D eigenvalue weighted by atomic mass is 16.1. The number of rotatable bonds is 6. The van der Waals surface area contributed by atoms with E-state index in [1.807, 2.05) is 31.2 Å². The first-order valence-corrected chi connectivity index (χ1v) is 7.17. The van der Waals surface area contributed by atoms with Crippen molar-refractivity contribution in [3.63, 3.8) is 0 Å². The first kappa shape index (κ1) is 14.5. The molecule has 2 aromatic rings. The number of hydrogen-bond acceptors (Lipinski definition) is 2. The summed E-state index contributed by atoms with van der Waals surface area (Å²) in [5.74, 6) is 0.0749. The van der Waals surface area contributed by atoms with Gasteiger partial charge in [0.2, 0.25) is 5.91 Å². The zero-order chi connectivity index (χ0) is 14.4. The van der Waals surface area contributed by atoms with Crippen molar-refractivity contribution in [1.29, 1.82) is 0 Å². The van der Waals surface area contributed by atoms with Crippen LogP contribution in [0.1, 0.15) is 25.3 Å². The summed E-state index contributed by atoms with van der Waals surface area (Å²) < 4.78 is 0. The number of benzene rings is 2. The summed E-state index contributed by atoms with van der Waals surface area (Å²) in [5, 5.41) is 5.36. The van der Waals surface area contributed by atoms with Gasteiger partial charge in [0.25, 0.3) is 0 Å². The number of nitrogens with two attached hydrogens (primary N) is 1. The molecule has 0 aliphatic rings. The molecule has 0 heterocycles. The van der Waals surface area contributed by atoms with E-state index in [9.17, 15) is 4.79 Å². The van der Waals surface area contributed by atoms with Gasteiger partial charge in [0, 0.05) is 6.04 Å². The predicted octanol–water partition coefficient (Wildman–Crippen LogP) is 2.63. The molecule has 0 radical (unpaired) electrons. The highest BCUT2D eigenvalue weighted by Crippen LogP contribution is 2.18. The van der Waals surface area contributed by atoms with E-state index in [1.165, 1.54) is 5.39 Å². The molecule has 1 amide bonds. The van der Waals surface area contributed by atoms with E-state index in [0.717, 1.165) is 23.8 Å². The third-order valence-electron chi connectivity index (χ3n) is 3.48. The highest BCUT2D eigenvalue weighted by Gasteiger charge is 2.09. The van der Waals surface area contributed by atoms with Crippen LogP contribution in [0.4, 0.5) is 0 Å². The number of amides is 1. The van der Waals surface area contributed by atoms with Gasteiger partial charge < -0.3 is 11.1 Å². The maximum absolute atomic E-state index is 12.1. The quantitative estimate of drug-likeness (QED) is 0.847. The van der Waals surface area contributed by atoms with Gasteiger partial charge in [-0.1, -0.05) is 42.5 Å². The van der Waals surface area contributed by atoms with Gasteiger partial charge in [0.1, 0.15) is 0 Å². The Morgan fingerprint density at radius 1 is 1.20 bits per heavy atom. The first-order chi connectivity index (χ1) is 9.70. The van der Waals surface area contributed by atoms with Crippen LogP contribution in [0.5, 0.6) is 0 Å². The SMILES string of the molecule is CC(CCCN)NC(=O)Cc1cccc2ccccc12. The largest absolute Gasteiger partial charge is 0.353 e. The van der Waals surface area contributed by atoms with E-state index in [-0.39, 0.29) is 11.9 Å². The summed E-state index contributed by atoms with van der Waals surface area (Å²) in [4.78, 5) is 12.1. The molecule has 3 N–H and O–H groups in total. The van der Waals surface area contributed by atoms with Crippen LogP contribution in [0, 0.1) is 0 Å². The topological polar surface area (TPSA) is 55.1 Å². The van der Waals surface area contributed by atoms with E-state index in [0.29, 0.717) is 13.0 Å². The molecule has 2 aromatic carbocycles. The molecular weight excluding hydrogens is 248 g/mol. The molecule has 3 heteroatoms. The lowest BCUT2D eigenvalue weighted by Gasteiger charge is -2.14. The average Bonchev–Trinajstić information content (AvgIpc) is 2.45. The summed E-state index contributed by atoms with van der Waals surface area (Å²) in [6, 6.07) is 14.4. The monoisotopic (exact) mass is 270 g/mol. The molecule has 3 nitrogen and oxygen atoms in total. The summed E-state index contributed by atoms with van der Waals surface area (Å²) in [7, 11) is 0. The van der Waals surface area contributed by atoms with Crippen molar-refractivity contribution < 1.29 is 4.79 Å². The lowest BCUT2D eigenvalue weighted by atomic mass is 10.0. The minimum Gasteiger partial charge on any atom is -0.353 e. The normalized spacial score (nSPS) is 12.3. The Balaban J connectivity index is 2.03. The van der Waals surface area contributed by atoms with Crippen molar-refractivity contribution in [1.82, 2.24) is 5.32 Å². The molecule has 0 saturated heterocycles. The van der Waals surface area contributed by atoms with Crippen LogP contribution >= 0.6 is 0 Å². The number of carbonyl (C=O) groups is 1. The third kappa shape index (κ3) is 3.81. The van der Waals surface area contributed by atoms with Crippen molar-refractivity contribution in [3.8, 4) is 0 Å². The van der Waals surface area contributed by atoms with Gasteiger partial charge in [0.15, 0.2) is 0 Å². The van der Waals surface area contributed by atoms with Crippen LogP contribution in [0.25, 0.3) is 10.8 Å². The molecule has 0 aliphatic carbocycles. The van der Waals surface area contributed by atoms with E-state index >= 15 is 0 Å². The number of carbonyl (C=O) groups excluding carboxylic acids is 1. The van der Waals surface area contributed by atoms with E-state index in [1.54, 1.807) is 0 Å². The molecule has 1 unspecified atom stereocenters. The number of fused-ring (bicyclic) bond motifs is 1. The Kier molecular flexibility index (Phi) is 5.13. The Labute approximate surface area is 120 Å². The lowest BCUT2D eigenvalue weighted by molar-refractivity contribution is -0.121. The van der Waals surface area contributed by atoms with Gasteiger partial charge in [0.05, 0.1) is 6.42 Å². The molecule has 0 fully saturated rings. The van der Waals surface area contributed by atoms with Crippen molar-refractivity contribution in [2.45, 2.75) is 32.2 Å². The molecule has 0 bridgehead atoms. The van der Waals surface area contributed by atoms with Crippen molar-refractivity contribution in [2.75, 3.05) is 6.54 Å². The van der Waals surface area contributed by atoms with Crippen LogP contribution < -0.4 is 11.1 Å². The van der Waals surface area contributed by atoms with Gasteiger partial charge >= 0.3 is 0 Å². The predicted molar refractivity (Wildman–Crippen MR) is 83.5 cm³/mol. The molecule has 0 aromatic heterocycles. The summed E-state index contributed by atoms with van der Waals surface area (Å²) in [6.45, 7) is 2.69. The fourth-order valence-electron chi connectivity index (χ4n) is 2.44. The van der Waals surface area contributed by atoms with Gasteiger partial charge in [-0.2, -0.15) is 0 Å². The molecule has 20 heavy (non-hydrogen) atoms. The van der Waals surface area contributed by atoms with Crippen LogP contribution in [-0.2, 0) is 11.2 Å². The molecule has 0 saturated carbocycles. The van der Waals surface area contributed by atoms with Gasteiger partial charge in [-0.15, -0.1) is 0 Å². The van der Waals surface area contributed by atoms with Crippen molar-refractivity contribution >= 4 is 16.7 Å². The lowest BCUT2D eigenvalue weighted by Crippen LogP contribution is -2.34. The van der Waals surface area contributed by atoms with E-state index in [2.05, 4.69) is 23.5 Å². The molecule has 1 atom stereocenters. The molecule has 0 aliphatic heterocycles. The summed E-state index contributed by atoms with van der Waals surface area (Å²) in [6.07, 6.45) is 2.29. The minimum absolute atomic E-state index is 0.0749. The second kappa shape index (κ2) is 7.06. The fraction of sp³-hybridized carbons (Fsp3) is 0.353. The number of hydrogen-bond donors (Lipinski definition) is 2. The fourth-order valence-corrected chi connectivity index (χ4v) is 2.44. The second-order valence-electron chi connectivity index (χ2n) is 5.21. The van der Waals surface area contributed by atoms with Crippen molar-refractivity contribution in [3.05, 3.63) is 48.0 Å². The smallest absolute Gasteiger partial charge is 0.224 e. The summed E-state index contributed by atoms with van der Waals surface area (Å²) >= 11 is 0. The molecule has 106 valence electrons. The maximum Gasteiger partial charge on any atom is 0.224 e. The highest BCUT2D eigenvalue weighted by molar-refractivity contribution is 5.90. The van der Waals surface area contributed by atoms with Gasteiger partial charge in [-0.3, -0.25) is 4.79 Å². The number of nitrogens with one attached hydrogen (secondary N) is 1. The van der Waals surface area contributed by atoms with Crippen LogP contribution in [0.15, 0.2) is 42.5 Å². The molecular formula is C17H22N2O. The Morgan fingerprint density at radius 3 is 2.75 bits per heavy atom. The zero-order valence-electron chi connectivity index (χ0n) is 11.9. The van der Waals surface area contributed by atoms with Crippen molar-refractivity contribution in [2.24, 2.45) is 5.73 Å². The second-order valence-corrected chi connectivity index (χ2v) is 5.21. The Bertz CT molecular complexity index is 575. The van der Waals surface area contributed by atoms with E-state index in [4.69, 9.17) is 5.73 Å². The van der Waals surface area contributed by atoms with Crippen LogP contribution in [0.2, 0.25) is 0 Å². The first-order valence-electron chi connectivity index (χ1n) is 7.17.